The molecule has 0 fully saturated rings. The lowest BCUT2D eigenvalue weighted by atomic mass is 9.87. The van der Waals surface area contributed by atoms with Gasteiger partial charge < -0.3 is 22.1 Å². The van der Waals surface area contributed by atoms with Gasteiger partial charge in [-0.15, -0.1) is 0 Å². The molecule has 21 rings (SSSR count). The zero-order valence-electron chi connectivity index (χ0n) is 93.2. The van der Waals surface area contributed by atoms with Gasteiger partial charge in [0, 0.05) is 160 Å². The number of benzene rings is 6. The summed E-state index contributed by atoms with van der Waals surface area (Å²) in [6.45, 7) is 27.5. The zero-order chi connectivity index (χ0) is 105. The lowest BCUT2D eigenvalue weighted by molar-refractivity contribution is -0.660. The average molecular weight is 1770 g/mol. The van der Waals surface area contributed by atoms with Crippen LogP contribution >= 0.6 is 0 Å². The van der Waals surface area contributed by atoms with Crippen LogP contribution in [-0.4, -0.2) is 24.9 Å². The maximum absolute atomic E-state index is 8.70. The largest absolute Gasteiger partial charge is 0.437 e. The first-order valence-electron chi connectivity index (χ1n) is 51.6. The fourth-order valence-electron chi connectivity index (χ4n) is 18.0. The molecule has 0 saturated carbocycles. The highest BCUT2D eigenvalue weighted by Gasteiger charge is 2.30. The van der Waals surface area contributed by atoms with Gasteiger partial charge in [-0.1, -0.05) is 160 Å². The summed E-state index contributed by atoms with van der Waals surface area (Å²) in [6.07, 6.45) is 9.03. The molecule has 15 heteroatoms. The molecule has 0 aliphatic heterocycles. The van der Waals surface area contributed by atoms with Crippen molar-refractivity contribution in [2.24, 2.45) is 46.1 Å². The van der Waals surface area contributed by atoms with Crippen molar-refractivity contribution in [1.29, 1.82) is 0 Å². The molecule has 15 heterocycles. The van der Waals surface area contributed by atoms with Crippen LogP contribution < -0.4 is 22.8 Å². The molecule has 0 spiro atoms. The van der Waals surface area contributed by atoms with E-state index in [9.17, 15) is 0 Å². The maximum atomic E-state index is 8.70. The van der Waals surface area contributed by atoms with Crippen LogP contribution in [0.15, 0.2) is 259 Å². The van der Waals surface area contributed by atoms with Crippen molar-refractivity contribution in [3.63, 3.8) is 0 Å². The Balaban J connectivity index is 0.000000125. The van der Waals surface area contributed by atoms with Crippen LogP contribution in [-0.2, 0) is 48.0 Å². The summed E-state index contributed by atoms with van der Waals surface area (Å²) in [6, 6.07) is 69.0. The van der Waals surface area contributed by atoms with E-state index in [1.165, 1.54) is 59.6 Å². The Hall–Kier alpha value is -14.2. The van der Waals surface area contributed by atoms with Crippen molar-refractivity contribution < 1.29 is 62.7 Å². The number of nitrogens with zero attached hydrogens (tertiary/aromatic N) is 10. The summed E-state index contributed by atoms with van der Waals surface area (Å²) in [5, 5.41) is 10.00. The molecule has 15 nitrogen and oxygen atoms in total. The standard InChI is InChI=1S/C25H21N2O.2C24H27N2O.C23H25N2O.C22H23N2O/c1-16-9-12-20-21-13-10-17(2)26-25(21)28-24(20)23(16)22-14-11-19(15-27(22)3)18-7-5-4-6-8-18;2*1-15-7-9-18-19-10-8-16(2)25-23(19)27-22(18)21(15)20-13-17(11-12-26(20)6)14-24(3,4)5;1-13(2)19-11-20(25(6)12-15(19)4)21-14(3)7-9-17-18-10-8-16(5)24-23(18)26-22(17)21;1-13(2)16-10-11-24(5)19(12-16)20-14(3)6-8-17-18-9-7-15(4)23-22(18)25-21(17)20/h4-15H,1-3H3;2*7-13H,14H2,1-6H3;7-13H,1-6H3;6-13H,1-5H3/q5*+1/i;14D2;;1D3,4D3,13D;1D3,13D. The molecule has 0 saturated heterocycles. The summed E-state index contributed by atoms with van der Waals surface area (Å²) >= 11 is 0. The Kier molecular flexibility index (Phi) is 20.5. The summed E-state index contributed by atoms with van der Waals surface area (Å²) in [7, 11) is 9.77. The predicted molar refractivity (Wildman–Crippen MR) is 543 cm³/mol. The third kappa shape index (κ3) is 18.3. The Bertz CT molecular complexity index is 8550. The number of aromatic nitrogens is 10. The third-order valence-corrected chi connectivity index (χ3v) is 24.7. The number of rotatable bonds is 10. The second kappa shape index (κ2) is 36.2. The molecular weight excluding hydrogens is 1640 g/mol. The summed E-state index contributed by atoms with van der Waals surface area (Å²) in [5.41, 5.74) is 30.7. The second-order valence-corrected chi connectivity index (χ2v) is 37.8. The van der Waals surface area contributed by atoms with E-state index in [-0.39, 0.29) is 16.5 Å². The highest BCUT2D eigenvalue weighted by atomic mass is 16.4. The minimum Gasteiger partial charge on any atom is -0.437 e. The van der Waals surface area contributed by atoms with Gasteiger partial charge in [-0.3, -0.25) is 0 Å². The number of furan rings is 5. The second-order valence-electron chi connectivity index (χ2n) is 37.8. The lowest BCUT2D eigenvalue weighted by Crippen LogP contribution is -2.32. The molecule has 0 N–H and O–H groups in total. The molecule has 6 aromatic carbocycles. The topological polar surface area (TPSA) is 150 Å². The molecule has 0 aliphatic rings. The Morgan fingerprint density at radius 3 is 1.00 bits per heavy atom. The van der Waals surface area contributed by atoms with Crippen LogP contribution in [0.3, 0.4) is 0 Å². The number of fused-ring (bicyclic) bond motifs is 15. The molecule has 21 aromatic rings. The first-order chi connectivity index (χ1) is 68.5. The number of hydrogen-bond donors (Lipinski definition) is 0. The van der Waals surface area contributed by atoms with E-state index in [0.29, 0.717) is 62.1 Å². The van der Waals surface area contributed by atoms with Crippen molar-refractivity contribution in [3.8, 4) is 67.4 Å². The average Bonchev–Trinajstić information content (AvgIpc) is 1.09. The van der Waals surface area contributed by atoms with Crippen LogP contribution in [0.25, 0.3) is 178 Å². The Morgan fingerprint density at radius 2 is 0.647 bits per heavy atom. The van der Waals surface area contributed by atoms with Crippen molar-refractivity contribution >= 4 is 110 Å². The van der Waals surface area contributed by atoms with E-state index >= 15 is 0 Å². The van der Waals surface area contributed by atoms with Gasteiger partial charge in [-0.25, -0.2) is 47.8 Å². The van der Waals surface area contributed by atoms with Crippen molar-refractivity contribution in [2.45, 2.75) is 170 Å². The summed E-state index contributed by atoms with van der Waals surface area (Å²) in [4.78, 5) is 22.7. The van der Waals surface area contributed by atoms with Crippen LogP contribution in [0.5, 0.6) is 0 Å². The van der Waals surface area contributed by atoms with Gasteiger partial charge in [-0.2, -0.15) is 0 Å². The minimum atomic E-state index is -2.73. The van der Waals surface area contributed by atoms with Crippen LogP contribution in [0.1, 0.15) is 183 Å². The van der Waals surface area contributed by atoms with Gasteiger partial charge in [0.1, 0.15) is 35.2 Å². The maximum Gasteiger partial charge on any atom is 0.227 e. The molecule has 0 aliphatic carbocycles. The zero-order valence-corrected chi connectivity index (χ0v) is 80.2. The molecule has 2 unspecified atom stereocenters. The van der Waals surface area contributed by atoms with E-state index < -0.39 is 44.1 Å². The molecule has 133 heavy (non-hydrogen) atoms. The van der Waals surface area contributed by atoms with Gasteiger partial charge in [-0.05, 0) is 234 Å². The molecular formula is C118H123N10O5+5. The number of hydrogen-bond acceptors (Lipinski definition) is 10. The fraction of sp³-hybridized carbons (Fsp3) is 0.271. The Labute approximate surface area is 798 Å². The summed E-state index contributed by atoms with van der Waals surface area (Å²) in [5.74, 6) is -3.85. The van der Waals surface area contributed by atoms with E-state index in [1.54, 1.807) is 29.9 Å². The van der Waals surface area contributed by atoms with E-state index in [0.717, 1.165) is 162 Å². The monoisotopic (exact) mass is 1770 g/mol. The van der Waals surface area contributed by atoms with Crippen LogP contribution in [0, 0.1) is 86.9 Å². The molecule has 15 aromatic heterocycles. The molecule has 0 radical (unpaired) electrons. The first kappa shape index (κ1) is 75.5. The molecule has 670 valence electrons. The van der Waals surface area contributed by atoms with E-state index in [1.807, 2.05) is 184 Å². The minimum absolute atomic E-state index is 0.0583. The third-order valence-electron chi connectivity index (χ3n) is 24.7. The fourth-order valence-corrected chi connectivity index (χ4v) is 18.0. The number of aryl methyl sites for hydroxylation is 16. The van der Waals surface area contributed by atoms with Crippen molar-refractivity contribution in [1.82, 2.24) is 24.9 Å². The van der Waals surface area contributed by atoms with E-state index in [4.69, 9.17) is 39.9 Å². The highest BCUT2D eigenvalue weighted by Crippen LogP contribution is 2.44. The first-order valence-corrected chi connectivity index (χ1v) is 45.1. The quantitative estimate of drug-likeness (QED) is 0.121. The van der Waals surface area contributed by atoms with Crippen LogP contribution in [0.2, 0.25) is 0 Å². The predicted octanol–water partition coefficient (Wildman–Crippen LogP) is 27.8. The SMILES string of the molecule is Cc1ccc2c(n1)oc1c(-c3cc(CC(C)(C)C)cc[n+]3C)c(C)ccc12.Cc1ccc2c(n1)oc1c(-c3ccc(-c4ccccc4)c[n+]3C)c(C)ccc12.[2H]C([2H])([2H])C([2H])(C)c1cc[n+](C)c(-c2c(C)ccc3c2oc2nc(C)ccc23)c1.[2H]C([2H])([2H])c1c[n+](C)c(-c2c(C)ccc3c2oc2nc(C)ccc23)cc1C([2H])(C)C([2H])([2H])[2H].[2H]C([2H])(c1cc[n+](C)c(-c2c(C)ccc3c2oc2nc(C)ccc23)c1)C(C)(C)C. The normalized spacial score (nSPS) is 14.6. The van der Waals surface area contributed by atoms with Crippen molar-refractivity contribution in [2.75, 3.05) is 0 Å². The smallest absolute Gasteiger partial charge is 0.227 e. The van der Waals surface area contributed by atoms with Gasteiger partial charge in [0.2, 0.25) is 57.0 Å². The van der Waals surface area contributed by atoms with Crippen LogP contribution in [0.4, 0.5) is 0 Å². The highest BCUT2D eigenvalue weighted by molar-refractivity contribution is 6.13. The van der Waals surface area contributed by atoms with Gasteiger partial charge >= 0.3 is 0 Å². The lowest BCUT2D eigenvalue weighted by Gasteiger charge is -2.18. The Morgan fingerprint density at radius 1 is 0.316 bits per heavy atom. The molecule has 0 bridgehead atoms. The van der Waals surface area contributed by atoms with Gasteiger partial charge in [0.25, 0.3) is 0 Å². The summed E-state index contributed by atoms with van der Waals surface area (Å²) < 4.78 is 146. The van der Waals surface area contributed by atoms with Gasteiger partial charge in [0.05, 0.1) is 27.8 Å². The van der Waals surface area contributed by atoms with E-state index in [2.05, 4.69) is 205 Å². The van der Waals surface area contributed by atoms with Gasteiger partial charge in [0.15, 0.2) is 58.9 Å². The number of pyridine rings is 10. The molecule has 0 amide bonds. The molecule has 2 atom stereocenters. The van der Waals surface area contributed by atoms with Crippen molar-refractivity contribution in [3.05, 3.63) is 321 Å².